The van der Waals surface area contributed by atoms with Crippen molar-refractivity contribution in [2.24, 2.45) is 0 Å². The van der Waals surface area contributed by atoms with Crippen LogP contribution in [0, 0.1) is 0 Å². The van der Waals surface area contributed by atoms with Crippen molar-refractivity contribution in [2.75, 3.05) is 0 Å². The van der Waals surface area contributed by atoms with Gasteiger partial charge in [0.1, 0.15) is 17.3 Å². The van der Waals surface area contributed by atoms with E-state index in [4.69, 9.17) is 9.47 Å². The van der Waals surface area contributed by atoms with E-state index in [1.165, 1.54) is 0 Å². The molecule has 0 spiro atoms. The second kappa shape index (κ2) is 6.31. The Hall–Kier alpha value is -2.81. The number of allylic oxidation sites excluding steroid dienone is 1. The molecule has 0 saturated carbocycles. The number of carbonyl (C=O) groups excluding carboxylic acids is 1. The summed E-state index contributed by atoms with van der Waals surface area (Å²) in [5.41, 5.74) is 1.14. The first kappa shape index (κ1) is 15.6. The van der Waals surface area contributed by atoms with Crippen LogP contribution >= 0.6 is 0 Å². The van der Waals surface area contributed by atoms with Crippen LogP contribution in [-0.2, 0) is 4.79 Å². The van der Waals surface area contributed by atoms with Gasteiger partial charge in [-0.3, -0.25) is 0 Å². The molecule has 22 heavy (non-hydrogen) atoms. The summed E-state index contributed by atoms with van der Waals surface area (Å²) in [5, 5.41) is 1.92. The molecule has 2 rings (SSSR count). The van der Waals surface area contributed by atoms with Crippen molar-refractivity contribution < 1.29 is 14.3 Å². The molecule has 0 amide bonds. The molecule has 0 aliphatic rings. The Morgan fingerprint density at radius 3 is 1.77 bits per heavy atom. The molecule has 0 heterocycles. The molecular weight excluding hydrogens is 276 g/mol. The lowest BCUT2D eigenvalue weighted by atomic mass is 10.1. The third-order valence-corrected chi connectivity index (χ3v) is 3.06. The fourth-order valence-corrected chi connectivity index (χ4v) is 1.75. The number of hydrogen-bond acceptors (Lipinski definition) is 3. The number of ether oxygens (including phenoxy) is 2. The molecule has 2 aromatic rings. The van der Waals surface area contributed by atoms with E-state index < -0.39 is 5.97 Å². The topological polar surface area (TPSA) is 35.5 Å². The van der Waals surface area contributed by atoms with Crippen molar-refractivity contribution in [3.63, 3.8) is 0 Å². The van der Waals surface area contributed by atoms with Crippen LogP contribution in [0.3, 0.4) is 0 Å². The van der Waals surface area contributed by atoms with Crippen LogP contribution in [0.25, 0.3) is 10.8 Å². The molecule has 2 aromatic carbocycles. The van der Waals surface area contributed by atoms with E-state index in [9.17, 15) is 4.79 Å². The molecule has 0 atom stereocenters. The van der Waals surface area contributed by atoms with Gasteiger partial charge in [0, 0.05) is 5.57 Å². The van der Waals surface area contributed by atoms with Crippen molar-refractivity contribution in [3.05, 3.63) is 73.0 Å². The van der Waals surface area contributed by atoms with E-state index in [-0.39, 0.29) is 0 Å². The number of esters is 1. The van der Waals surface area contributed by atoms with Gasteiger partial charge in [0.05, 0.1) is 0 Å². The number of benzene rings is 2. The van der Waals surface area contributed by atoms with E-state index in [2.05, 4.69) is 19.7 Å². The maximum atomic E-state index is 11.5. The van der Waals surface area contributed by atoms with Crippen molar-refractivity contribution in [3.8, 4) is 11.5 Å². The molecule has 0 N–H and O–H groups in total. The Kier molecular flexibility index (Phi) is 4.47. The third-order valence-electron chi connectivity index (χ3n) is 3.06. The molecule has 0 bridgehead atoms. The van der Waals surface area contributed by atoms with E-state index in [1.54, 1.807) is 19.1 Å². The maximum absolute atomic E-state index is 11.5. The third kappa shape index (κ3) is 3.64. The quantitative estimate of drug-likeness (QED) is 0.261. The largest absolute Gasteiger partial charge is 0.458 e. The molecule has 3 nitrogen and oxygen atoms in total. The highest BCUT2D eigenvalue weighted by atomic mass is 16.5. The number of carbonyl (C=O) groups is 1. The summed E-state index contributed by atoms with van der Waals surface area (Å²) in [7, 11) is 0. The minimum Gasteiger partial charge on any atom is -0.458 e. The summed E-state index contributed by atoms with van der Waals surface area (Å²) in [6, 6.07) is 11.0. The summed E-state index contributed by atoms with van der Waals surface area (Å²) >= 11 is 0. The molecule has 0 aliphatic heterocycles. The van der Waals surface area contributed by atoms with Crippen LogP contribution in [0.5, 0.6) is 11.5 Å². The maximum Gasteiger partial charge on any atom is 0.338 e. The Labute approximate surface area is 130 Å². The highest BCUT2D eigenvalue weighted by Gasteiger charge is 2.07. The first-order chi connectivity index (χ1) is 10.4. The fraction of sp³-hybridized carbons (Fsp3) is 0.105. The van der Waals surface area contributed by atoms with Gasteiger partial charge < -0.3 is 9.47 Å². The van der Waals surface area contributed by atoms with Gasteiger partial charge in [-0.15, -0.1) is 0 Å². The standard InChI is InChI=1S/C19H18O3/c1-12(2)14(5)21-17-8-6-16-11-18(9-7-15(16)10-17)22-19(20)13(3)4/h6-11H,1,3,5H2,2,4H3. The van der Waals surface area contributed by atoms with Gasteiger partial charge in [0.15, 0.2) is 0 Å². The summed E-state index contributed by atoms with van der Waals surface area (Å²) in [4.78, 5) is 11.5. The van der Waals surface area contributed by atoms with Gasteiger partial charge >= 0.3 is 5.97 Å². The van der Waals surface area contributed by atoms with Crippen molar-refractivity contribution in [1.82, 2.24) is 0 Å². The van der Waals surface area contributed by atoms with Gasteiger partial charge in [0.2, 0.25) is 0 Å². The Morgan fingerprint density at radius 2 is 1.32 bits per heavy atom. The van der Waals surface area contributed by atoms with Crippen LogP contribution in [0.4, 0.5) is 0 Å². The van der Waals surface area contributed by atoms with Crippen molar-refractivity contribution >= 4 is 16.7 Å². The Morgan fingerprint density at radius 1 is 0.818 bits per heavy atom. The predicted molar refractivity (Wildman–Crippen MR) is 89.0 cm³/mol. The van der Waals surface area contributed by atoms with Gasteiger partial charge in [0.25, 0.3) is 0 Å². The molecule has 0 aromatic heterocycles. The molecule has 0 radical (unpaired) electrons. The monoisotopic (exact) mass is 294 g/mol. The van der Waals surface area contributed by atoms with Crippen LogP contribution in [0.1, 0.15) is 13.8 Å². The Balaban J connectivity index is 2.25. The minimum atomic E-state index is -0.433. The smallest absolute Gasteiger partial charge is 0.338 e. The van der Waals surface area contributed by atoms with Crippen molar-refractivity contribution in [2.45, 2.75) is 13.8 Å². The second-order valence-corrected chi connectivity index (χ2v) is 5.15. The zero-order chi connectivity index (χ0) is 16.3. The summed E-state index contributed by atoms with van der Waals surface area (Å²) in [6.45, 7) is 14.6. The highest BCUT2D eigenvalue weighted by molar-refractivity contribution is 5.90. The van der Waals surface area contributed by atoms with Crippen molar-refractivity contribution in [1.29, 1.82) is 0 Å². The Bertz CT molecular complexity index is 717. The lowest BCUT2D eigenvalue weighted by Gasteiger charge is -2.10. The van der Waals surface area contributed by atoms with E-state index in [0.29, 0.717) is 22.8 Å². The van der Waals surface area contributed by atoms with Gasteiger partial charge in [-0.2, -0.15) is 0 Å². The molecule has 3 heteroatoms. The van der Waals surface area contributed by atoms with Crippen LogP contribution in [0.2, 0.25) is 0 Å². The summed E-state index contributed by atoms with van der Waals surface area (Å²) in [5.74, 6) is 1.27. The fourth-order valence-electron chi connectivity index (χ4n) is 1.75. The van der Waals surface area contributed by atoms with Gasteiger partial charge in [-0.1, -0.05) is 31.9 Å². The molecular formula is C19H18O3. The summed E-state index contributed by atoms with van der Waals surface area (Å²) in [6.07, 6.45) is 0. The molecule has 0 fully saturated rings. The minimum absolute atomic E-state index is 0.363. The van der Waals surface area contributed by atoms with E-state index >= 15 is 0 Å². The van der Waals surface area contributed by atoms with E-state index in [1.807, 2.05) is 31.2 Å². The zero-order valence-electron chi connectivity index (χ0n) is 12.8. The first-order valence-electron chi connectivity index (χ1n) is 6.81. The average molecular weight is 294 g/mol. The zero-order valence-corrected chi connectivity index (χ0v) is 12.8. The molecule has 0 aliphatic carbocycles. The number of fused-ring (bicyclic) bond motifs is 1. The average Bonchev–Trinajstić information content (AvgIpc) is 2.47. The second-order valence-electron chi connectivity index (χ2n) is 5.15. The molecule has 112 valence electrons. The van der Waals surface area contributed by atoms with Crippen LogP contribution in [-0.4, -0.2) is 5.97 Å². The number of hydrogen-bond donors (Lipinski definition) is 0. The normalized spacial score (nSPS) is 10.1. The highest BCUT2D eigenvalue weighted by Crippen LogP contribution is 2.26. The predicted octanol–water partition coefficient (Wildman–Crippen LogP) is 4.79. The molecule has 0 unspecified atom stereocenters. The SMILES string of the molecule is C=C(C)C(=C)Oc1ccc2cc(OC(=O)C(=C)C)ccc2c1. The lowest BCUT2D eigenvalue weighted by molar-refractivity contribution is -0.130. The van der Waals surface area contributed by atoms with Crippen LogP contribution < -0.4 is 9.47 Å². The van der Waals surface area contributed by atoms with Gasteiger partial charge in [-0.05, 0) is 54.5 Å². The van der Waals surface area contributed by atoms with Crippen LogP contribution in [0.15, 0.2) is 73.0 Å². The summed E-state index contributed by atoms with van der Waals surface area (Å²) < 4.78 is 10.8. The van der Waals surface area contributed by atoms with Gasteiger partial charge in [-0.25, -0.2) is 4.79 Å². The number of rotatable bonds is 5. The van der Waals surface area contributed by atoms with E-state index in [0.717, 1.165) is 16.3 Å². The first-order valence-corrected chi connectivity index (χ1v) is 6.81. The molecule has 0 saturated heterocycles. The lowest BCUT2D eigenvalue weighted by Crippen LogP contribution is -2.07.